The summed E-state index contributed by atoms with van der Waals surface area (Å²) in [5, 5.41) is 9.11. The van der Waals surface area contributed by atoms with Gasteiger partial charge in [0.25, 0.3) is 0 Å². The molecule has 1 N–H and O–H groups in total. The van der Waals surface area contributed by atoms with Crippen LogP contribution >= 0.6 is 11.8 Å². The van der Waals surface area contributed by atoms with Crippen molar-refractivity contribution < 1.29 is 18.3 Å². The first-order valence-electron chi connectivity index (χ1n) is 5.68. The van der Waals surface area contributed by atoms with Crippen molar-refractivity contribution in [1.82, 2.24) is 0 Å². The van der Waals surface area contributed by atoms with Crippen molar-refractivity contribution >= 4 is 27.6 Å². The van der Waals surface area contributed by atoms with Crippen molar-refractivity contribution in [2.24, 2.45) is 5.41 Å². The molecule has 1 aromatic carbocycles. The van der Waals surface area contributed by atoms with E-state index in [1.807, 2.05) is 0 Å². The second-order valence-corrected chi connectivity index (χ2v) is 7.96. The first-order chi connectivity index (χ1) is 8.58. The van der Waals surface area contributed by atoms with Gasteiger partial charge in [-0.1, -0.05) is 6.07 Å². The quantitative estimate of drug-likeness (QED) is 0.846. The van der Waals surface area contributed by atoms with Crippen molar-refractivity contribution in [3.8, 4) is 0 Å². The topological polar surface area (TPSA) is 71.4 Å². The number of carbonyl (C=O) groups is 1. The van der Waals surface area contributed by atoms with Crippen LogP contribution in [0, 0.1) is 5.41 Å². The van der Waals surface area contributed by atoms with Gasteiger partial charge >= 0.3 is 5.97 Å². The highest BCUT2D eigenvalue weighted by molar-refractivity contribution is 7.99. The SMILES string of the molecule is CSc1cc(CC(C)(C)C(=O)O)ccc1S(C)(=O)=O. The van der Waals surface area contributed by atoms with Crippen LogP contribution in [0.2, 0.25) is 0 Å². The molecule has 0 aromatic heterocycles. The lowest BCUT2D eigenvalue weighted by Gasteiger charge is -2.19. The molecule has 0 bridgehead atoms. The molecule has 0 unspecified atom stereocenters. The Kier molecular flexibility index (Phi) is 4.68. The van der Waals surface area contributed by atoms with Crippen molar-refractivity contribution in [2.75, 3.05) is 12.5 Å². The van der Waals surface area contributed by atoms with Crippen LogP contribution in [0.25, 0.3) is 0 Å². The minimum absolute atomic E-state index is 0.289. The van der Waals surface area contributed by atoms with Crippen LogP contribution in [0.15, 0.2) is 28.0 Å². The summed E-state index contributed by atoms with van der Waals surface area (Å²) < 4.78 is 23.2. The van der Waals surface area contributed by atoms with Crippen LogP contribution in [-0.2, 0) is 21.1 Å². The average Bonchev–Trinajstić information content (AvgIpc) is 2.26. The van der Waals surface area contributed by atoms with Gasteiger partial charge in [0.15, 0.2) is 9.84 Å². The van der Waals surface area contributed by atoms with Gasteiger partial charge in [-0.05, 0) is 44.2 Å². The third kappa shape index (κ3) is 3.98. The molecule has 1 rings (SSSR count). The zero-order chi connectivity index (χ0) is 14.8. The lowest BCUT2D eigenvalue weighted by molar-refractivity contribution is -0.146. The monoisotopic (exact) mass is 302 g/mol. The fraction of sp³-hybridized carbons (Fsp3) is 0.462. The Balaban J connectivity index is 3.19. The van der Waals surface area contributed by atoms with Crippen LogP contribution in [0.4, 0.5) is 0 Å². The molecule has 0 spiro atoms. The Bertz CT molecular complexity index is 589. The van der Waals surface area contributed by atoms with Gasteiger partial charge in [-0.25, -0.2) is 8.42 Å². The number of aliphatic carboxylic acids is 1. The Morgan fingerprint density at radius 3 is 2.37 bits per heavy atom. The summed E-state index contributed by atoms with van der Waals surface area (Å²) in [6, 6.07) is 4.99. The highest BCUT2D eigenvalue weighted by atomic mass is 32.2. The van der Waals surface area contributed by atoms with Crippen LogP contribution < -0.4 is 0 Å². The molecule has 4 nitrogen and oxygen atoms in total. The first kappa shape index (κ1) is 16.0. The number of carboxylic acid groups (broad SMARTS) is 1. The molecule has 0 radical (unpaired) electrons. The van der Waals surface area contributed by atoms with E-state index < -0.39 is 21.2 Å². The molecule has 0 saturated heterocycles. The molecule has 106 valence electrons. The molecule has 0 aliphatic heterocycles. The lowest BCUT2D eigenvalue weighted by atomic mass is 9.86. The van der Waals surface area contributed by atoms with E-state index in [-0.39, 0.29) is 4.90 Å². The molecule has 0 aliphatic rings. The number of hydrogen-bond acceptors (Lipinski definition) is 4. The Hall–Kier alpha value is -1.01. The van der Waals surface area contributed by atoms with Crippen molar-refractivity contribution in [2.45, 2.75) is 30.1 Å². The summed E-state index contributed by atoms with van der Waals surface area (Å²) in [7, 11) is -3.26. The Morgan fingerprint density at radius 1 is 1.37 bits per heavy atom. The van der Waals surface area contributed by atoms with E-state index in [1.165, 1.54) is 18.0 Å². The van der Waals surface area contributed by atoms with Gasteiger partial charge in [0.05, 0.1) is 10.3 Å². The van der Waals surface area contributed by atoms with Gasteiger partial charge in [-0.15, -0.1) is 11.8 Å². The van der Waals surface area contributed by atoms with E-state index in [1.54, 1.807) is 38.3 Å². The number of sulfone groups is 1. The van der Waals surface area contributed by atoms with Gasteiger partial charge in [0, 0.05) is 11.2 Å². The first-order valence-corrected chi connectivity index (χ1v) is 8.80. The van der Waals surface area contributed by atoms with Crippen LogP contribution in [0.1, 0.15) is 19.4 Å². The maximum atomic E-state index is 11.6. The zero-order valence-corrected chi connectivity index (χ0v) is 13.1. The van der Waals surface area contributed by atoms with Crippen molar-refractivity contribution in [1.29, 1.82) is 0 Å². The minimum atomic E-state index is -3.26. The van der Waals surface area contributed by atoms with Crippen LogP contribution in [0.5, 0.6) is 0 Å². The number of hydrogen-bond donors (Lipinski definition) is 1. The summed E-state index contributed by atoms with van der Waals surface area (Å²) >= 11 is 1.34. The molecule has 0 aliphatic carbocycles. The summed E-state index contributed by atoms with van der Waals surface area (Å²) in [4.78, 5) is 12.0. The minimum Gasteiger partial charge on any atom is -0.481 e. The highest BCUT2D eigenvalue weighted by Crippen LogP contribution is 2.29. The van der Waals surface area contributed by atoms with Gasteiger partial charge in [0.2, 0.25) is 0 Å². The standard InChI is InChI=1S/C13H18O4S2/c1-13(2,12(14)15)8-9-5-6-11(19(4,16)17)10(7-9)18-3/h5-7H,8H2,1-4H3,(H,14,15). The van der Waals surface area contributed by atoms with Gasteiger partial charge in [0.1, 0.15) is 0 Å². The lowest BCUT2D eigenvalue weighted by Crippen LogP contribution is -2.26. The Labute approximate surface area is 118 Å². The molecule has 0 heterocycles. The molecule has 0 amide bonds. The Morgan fingerprint density at radius 2 is 1.95 bits per heavy atom. The second kappa shape index (κ2) is 5.54. The van der Waals surface area contributed by atoms with E-state index in [0.717, 1.165) is 5.56 Å². The predicted octanol–water partition coefficient (Wildman–Crippen LogP) is 2.47. The van der Waals surface area contributed by atoms with E-state index >= 15 is 0 Å². The van der Waals surface area contributed by atoms with Gasteiger partial charge in [-0.3, -0.25) is 4.79 Å². The molecular formula is C13H18O4S2. The van der Waals surface area contributed by atoms with Crippen LogP contribution in [-0.4, -0.2) is 32.0 Å². The molecule has 0 saturated carbocycles. The highest BCUT2D eigenvalue weighted by Gasteiger charge is 2.27. The third-order valence-corrected chi connectivity index (χ3v) is 4.91. The molecule has 6 heteroatoms. The number of thioether (sulfide) groups is 1. The summed E-state index contributed by atoms with van der Waals surface area (Å²) in [5.74, 6) is -0.870. The fourth-order valence-electron chi connectivity index (χ4n) is 1.71. The van der Waals surface area contributed by atoms with Crippen molar-refractivity contribution in [3.05, 3.63) is 23.8 Å². The van der Waals surface area contributed by atoms with Gasteiger partial charge in [-0.2, -0.15) is 0 Å². The molecule has 0 fully saturated rings. The number of rotatable bonds is 5. The molecule has 19 heavy (non-hydrogen) atoms. The second-order valence-electron chi connectivity index (χ2n) is 5.12. The van der Waals surface area contributed by atoms with E-state index in [0.29, 0.717) is 11.3 Å². The van der Waals surface area contributed by atoms with Gasteiger partial charge < -0.3 is 5.11 Å². The average molecular weight is 302 g/mol. The zero-order valence-electron chi connectivity index (χ0n) is 11.4. The molecular weight excluding hydrogens is 284 g/mol. The summed E-state index contributed by atoms with van der Waals surface area (Å²) in [6.07, 6.45) is 3.33. The summed E-state index contributed by atoms with van der Waals surface area (Å²) in [5.41, 5.74) is -0.0494. The number of carboxylic acids is 1. The summed E-state index contributed by atoms with van der Waals surface area (Å²) in [6.45, 7) is 3.30. The maximum Gasteiger partial charge on any atom is 0.309 e. The third-order valence-electron chi connectivity index (χ3n) is 2.85. The van der Waals surface area contributed by atoms with E-state index in [4.69, 9.17) is 5.11 Å². The largest absolute Gasteiger partial charge is 0.481 e. The van der Waals surface area contributed by atoms with E-state index in [2.05, 4.69) is 0 Å². The fourth-order valence-corrected chi connectivity index (χ4v) is 3.70. The maximum absolute atomic E-state index is 11.6. The van der Waals surface area contributed by atoms with Crippen LogP contribution in [0.3, 0.4) is 0 Å². The van der Waals surface area contributed by atoms with Crippen molar-refractivity contribution in [3.63, 3.8) is 0 Å². The van der Waals surface area contributed by atoms with E-state index in [9.17, 15) is 13.2 Å². The normalized spacial score (nSPS) is 12.4. The smallest absolute Gasteiger partial charge is 0.309 e. The number of benzene rings is 1. The predicted molar refractivity (Wildman–Crippen MR) is 76.5 cm³/mol. The molecule has 0 atom stereocenters. The molecule has 1 aromatic rings.